The minimum absolute atomic E-state index is 0.0144. The van der Waals surface area contributed by atoms with Crippen molar-refractivity contribution in [2.75, 3.05) is 26.2 Å². The molecule has 0 aliphatic carbocycles. The summed E-state index contributed by atoms with van der Waals surface area (Å²) in [6, 6.07) is 25.8. The summed E-state index contributed by atoms with van der Waals surface area (Å²) in [7, 11) is 0. The fourth-order valence-electron chi connectivity index (χ4n) is 5.91. The highest BCUT2D eigenvalue weighted by Crippen LogP contribution is 2.28. The quantitative estimate of drug-likeness (QED) is 0.260. The highest BCUT2D eigenvalue weighted by atomic mass is 35.5. The van der Waals surface area contributed by atoms with Crippen LogP contribution >= 0.6 is 11.6 Å². The number of aliphatic hydroxyl groups is 1. The van der Waals surface area contributed by atoms with E-state index in [1.54, 1.807) is 18.2 Å². The van der Waals surface area contributed by atoms with Gasteiger partial charge in [-0.2, -0.15) is 5.26 Å². The number of carbonyl (C=O) groups is 1. The Morgan fingerprint density at radius 3 is 2.11 bits per heavy atom. The van der Waals surface area contributed by atoms with Gasteiger partial charge in [-0.1, -0.05) is 78.3 Å². The van der Waals surface area contributed by atoms with Gasteiger partial charge >= 0.3 is 6.09 Å². The summed E-state index contributed by atoms with van der Waals surface area (Å²) in [4.78, 5) is 15.7. The number of halogens is 3. The maximum absolute atomic E-state index is 14.4. The van der Waals surface area contributed by atoms with Gasteiger partial charge in [-0.25, -0.2) is 13.6 Å². The summed E-state index contributed by atoms with van der Waals surface area (Å²) in [5.74, 6) is 0.342. The van der Waals surface area contributed by atoms with Crippen molar-refractivity contribution in [3.05, 3.63) is 101 Å². The van der Waals surface area contributed by atoms with E-state index in [0.717, 1.165) is 11.1 Å². The van der Waals surface area contributed by atoms with E-state index in [-0.39, 0.29) is 18.2 Å². The molecule has 10 heteroatoms. The first kappa shape index (κ1) is 36.1. The van der Waals surface area contributed by atoms with E-state index in [2.05, 4.69) is 0 Å². The second-order valence-corrected chi connectivity index (χ2v) is 13.4. The zero-order valence-electron chi connectivity index (χ0n) is 27.2. The Balaban J connectivity index is 0.000000223. The fraction of sp³-hybridized carbons (Fsp3) is 0.459. The van der Waals surface area contributed by atoms with E-state index >= 15 is 0 Å². The van der Waals surface area contributed by atoms with Crippen molar-refractivity contribution in [2.45, 2.75) is 82.6 Å². The van der Waals surface area contributed by atoms with Gasteiger partial charge in [-0.3, -0.25) is 4.90 Å². The molecule has 2 fully saturated rings. The Kier molecular flexibility index (Phi) is 13.0. The first-order chi connectivity index (χ1) is 22.4. The first-order valence-corrected chi connectivity index (χ1v) is 16.4. The normalized spacial score (nSPS) is 21.8. The topological polar surface area (TPSA) is 86.0 Å². The van der Waals surface area contributed by atoms with Gasteiger partial charge in [0.05, 0.1) is 11.1 Å². The fourth-order valence-corrected chi connectivity index (χ4v) is 6.12. The van der Waals surface area contributed by atoms with Crippen molar-refractivity contribution in [2.24, 2.45) is 0 Å². The SMILES string of the molecule is CC(C)(C)OC(=O)N1CC[C@H](F)[C@H]1Cc1ccccc1.N#Cc1c(Cl)cccc1OC[C@H](O)CN1CC[C@H](F)[C@H]1Cc1ccccc1. The zero-order valence-corrected chi connectivity index (χ0v) is 28.0. The van der Waals surface area contributed by atoms with Crippen LogP contribution in [-0.2, 0) is 17.6 Å². The standard InChI is InChI=1S/C21H22ClFN2O2.C16H22FNO2/c22-18-7-4-8-21(17(18)12-24)27-14-16(26)13-25-10-9-19(23)20(25)11-15-5-2-1-3-6-15;1-16(2,3)20-15(19)18-10-9-13(17)14(18)11-12-7-5-4-6-8-12/h1-8,16,19-20,26H,9-11,13-14H2;4-8,13-14H,9-11H2,1-3H3/t16-,19+,20-;13-,14+/m10/s1. The van der Waals surface area contributed by atoms with Gasteiger partial charge < -0.3 is 19.5 Å². The average Bonchev–Trinajstić information content (AvgIpc) is 3.57. The number of benzene rings is 3. The number of nitriles is 1. The number of alkyl halides is 2. The molecule has 2 aliphatic heterocycles. The lowest BCUT2D eigenvalue weighted by molar-refractivity contribution is 0.0197. The number of carbonyl (C=O) groups excluding carboxylic acids is 1. The molecule has 5 rings (SSSR count). The van der Waals surface area contributed by atoms with Crippen molar-refractivity contribution < 1.29 is 28.2 Å². The van der Waals surface area contributed by atoms with Crippen molar-refractivity contribution in [3.8, 4) is 11.8 Å². The maximum atomic E-state index is 14.4. The molecule has 2 saturated heterocycles. The monoisotopic (exact) mass is 667 g/mol. The summed E-state index contributed by atoms with van der Waals surface area (Å²) < 4.78 is 39.4. The van der Waals surface area contributed by atoms with Crippen LogP contribution in [0, 0.1) is 11.3 Å². The molecule has 0 unspecified atom stereocenters. The lowest BCUT2D eigenvalue weighted by Gasteiger charge is -2.29. The predicted octanol–water partition coefficient (Wildman–Crippen LogP) is 7.18. The van der Waals surface area contributed by atoms with Gasteiger partial charge in [0.2, 0.25) is 0 Å². The Bertz CT molecular complexity index is 1470. The summed E-state index contributed by atoms with van der Waals surface area (Å²) in [6.45, 7) is 6.82. The van der Waals surface area contributed by atoms with Crippen LogP contribution in [0.1, 0.15) is 50.3 Å². The third-order valence-electron chi connectivity index (χ3n) is 8.21. The Morgan fingerprint density at radius 1 is 0.936 bits per heavy atom. The molecular formula is C37H44ClF2N3O4. The van der Waals surface area contributed by atoms with Crippen LogP contribution < -0.4 is 4.74 Å². The molecule has 0 spiro atoms. The van der Waals surface area contributed by atoms with Crippen LogP contribution in [0.25, 0.3) is 0 Å². The van der Waals surface area contributed by atoms with Gasteiger partial charge in [0, 0.05) is 25.7 Å². The van der Waals surface area contributed by atoms with Crippen LogP contribution in [0.2, 0.25) is 5.02 Å². The summed E-state index contributed by atoms with van der Waals surface area (Å²) >= 11 is 5.98. The molecule has 3 aromatic rings. The number of aliphatic hydroxyl groups excluding tert-OH is 1. The van der Waals surface area contributed by atoms with E-state index in [0.29, 0.717) is 56.1 Å². The van der Waals surface area contributed by atoms with Crippen molar-refractivity contribution >= 4 is 17.7 Å². The summed E-state index contributed by atoms with van der Waals surface area (Å²) in [5, 5.41) is 19.9. The third-order valence-corrected chi connectivity index (χ3v) is 8.52. The lowest BCUT2D eigenvalue weighted by Crippen LogP contribution is -2.43. The molecule has 0 radical (unpaired) electrons. The number of amides is 1. The molecule has 0 saturated carbocycles. The molecule has 2 heterocycles. The highest BCUT2D eigenvalue weighted by Gasteiger charge is 2.39. The first-order valence-electron chi connectivity index (χ1n) is 16.0. The van der Waals surface area contributed by atoms with E-state index in [9.17, 15) is 23.9 Å². The van der Waals surface area contributed by atoms with Gasteiger partial charge in [0.25, 0.3) is 0 Å². The minimum Gasteiger partial charge on any atom is -0.489 e. The van der Waals surface area contributed by atoms with Crippen LogP contribution in [0.4, 0.5) is 13.6 Å². The van der Waals surface area contributed by atoms with Gasteiger partial charge in [0.15, 0.2) is 0 Å². The molecule has 1 amide bonds. The maximum Gasteiger partial charge on any atom is 0.410 e. The molecule has 2 aliphatic rings. The molecule has 3 aromatic carbocycles. The molecule has 252 valence electrons. The van der Waals surface area contributed by atoms with Crippen molar-refractivity contribution in [1.29, 1.82) is 5.26 Å². The second kappa shape index (κ2) is 16.9. The number of ether oxygens (including phenoxy) is 2. The predicted molar refractivity (Wildman–Crippen MR) is 179 cm³/mol. The Morgan fingerprint density at radius 2 is 1.51 bits per heavy atom. The smallest absolute Gasteiger partial charge is 0.410 e. The van der Waals surface area contributed by atoms with Crippen LogP contribution in [0.5, 0.6) is 5.75 Å². The van der Waals surface area contributed by atoms with Crippen molar-refractivity contribution in [3.63, 3.8) is 0 Å². The average molecular weight is 668 g/mol. The number of hydrogen-bond donors (Lipinski definition) is 1. The van der Waals surface area contributed by atoms with E-state index in [1.807, 2.05) is 92.4 Å². The molecule has 7 nitrogen and oxygen atoms in total. The van der Waals surface area contributed by atoms with E-state index < -0.39 is 36.2 Å². The van der Waals surface area contributed by atoms with Crippen LogP contribution in [-0.4, -0.2) is 83.4 Å². The van der Waals surface area contributed by atoms with Crippen LogP contribution in [0.15, 0.2) is 78.9 Å². The van der Waals surface area contributed by atoms with Crippen LogP contribution in [0.3, 0.4) is 0 Å². The van der Waals surface area contributed by atoms with E-state index in [1.165, 1.54) is 4.90 Å². The number of likely N-dealkylation sites (tertiary alicyclic amines) is 2. The second-order valence-electron chi connectivity index (χ2n) is 13.0. The Labute approximate surface area is 281 Å². The zero-order chi connectivity index (χ0) is 34.0. The molecule has 5 atom stereocenters. The third kappa shape index (κ3) is 10.6. The molecule has 47 heavy (non-hydrogen) atoms. The van der Waals surface area contributed by atoms with Gasteiger partial charge in [-0.15, -0.1) is 0 Å². The van der Waals surface area contributed by atoms with Crippen molar-refractivity contribution in [1.82, 2.24) is 9.80 Å². The summed E-state index contributed by atoms with van der Waals surface area (Å²) in [5.41, 5.74) is 1.82. The highest BCUT2D eigenvalue weighted by molar-refractivity contribution is 6.31. The molecule has 1 N–H and O–H groups in total. The molecule has 0 bridgehead atoms. The Hall–Kier alpha value is -3.71. The summed E-state index contributed by atoms with van der Waals surface area (Å²) in [6.07, 6.45) is -1.10. The van der Waals surface area contributed by atoms with E-state index in [4.69, 9.17) is 21.1 Å². The number of rotatable bonds is 9. The van der Waals surface area contributed by atoms with Gasteiger partial charge in [0.1, 0.15) is 48.0 Å². The lowest BCUT2D eigenvalue weighted by atomic mass is 10.0. The number of β-amino-alcohol motifs (C(OH)–C–C–N with tert-alkyl or cyclic N) is 1. The molecular weight excluding hydrogens is 624 g/mol. The number of hydrogen-bond acceptors (Lipinski definition) is 6. The largest absolute Gasteiger partial charge is 0.489 e. The minimum atomic E-state index is -0.984. The number of nitrogens with zero attached hydrogens (tertiary/aromatic N) is 3. The molecule has 0 aromatic heterocycles. The van der Waals surface area contributed by atoms with Gasteiger partial charge in [-0.05, 0) is 69.7 Å².